The molecule has 0 aromatic heterocycles. The average molecular weight is 663 g/mol. The Morgan fingerprint density at radius 3 is 2.30 bits per heavy atom. The molecular formula is C35H50O12. The predicted molar refractivity (Wildman–Crippen MR) is 169 cm³/mol. The standard InChI is InChI=1S/C35H50O12/c1-16-17-8-9-22-32(4)13-19(37)29(35(7,45)23(38)10-11-31(2,3)44)33(32,5)14-24(39)34(22,6)18(17)12-20(25(16)40)46-30-28(43)27(42)26(41)21(15-36)47-30/h8-12,19,21-23,26-30,36-38,40-45H,13-15H2,1-7H3/b11-10+/t19?,21?,22-,23?,26?,27?,28?,29?,30?,32-,33+,34+,35?/m0/s1. The molecule has 0 spiro atoms. The smallest absolute Gasteiger partial charge is 0.229 e. The van der Waals surface area contributed by atoms with E-state index in [1.165, 1.54) is 39.0 Å². The van der Waals surface area contributed by atoms with Crippen molar-refractivity contribution < 1.29 is 60.2 Å². The molecule has 0 bridgehead atoms. The highest BCUT2D eigenvalue weighted by molar-refractivity contribution is 5.95. The van der Waals surface area contributed by atoms with Gasteiger partial charge in [0.25, 0.3) is 0 Å². The fourth-order valence-electron chi connectivity index (χ4n) is 9.16. The molecular weight excluding hydrogens is 612 g/mol. The van der Waals surface area contributed by atoms with Gasteiger partial charge in [-0.2, -0.15) is 0 Å². The molecule has 9 N–H and O–H groups in total. The Bertz CT molecular complexity index is 1460. The normalized spacial score (nSPS) is 42.1. The Morgan fingerprint density at radius 2 is 1.70 bits per heavy atom. The summed E-state index contributed by atoms with van der Waals surface area (Å²) >= 11 is 0. The van der Waals surface area contributed by atoms with Crippen LogP contribution in [0.5, 0.6) is 11.5 Å². The highest BCUT2D eigenvalue weighted by atomic mass is 16.7. The zero-order valence-electron chi connectivity index (χ0n) is 28.0. The largest absolute Gasteiger partial charge is 0.504 e. The number of hydrogen-bond acceptors (Lipinski definition) is 12. The van der Waals surface area contributed by atoms with Crippen LogP contribution in [-0.4, -0.2) is 112 Å². The molecule has 3 aliphatic carbocycles. The van der Waals surface area contributed by atoms with Gasteiger partial charge in [-0.1, -0.05) is 38.2 Å². The first-order valence-electron chi connectivity index (χ1n) is 16.1. The quantitative estimate of drug-likeness (QED) is 0.183. The van der Waals surface area contributed by atoms with Gasteiger partial charge in [0.1, 0.15) is 36.3 Å². The Kier molecular flexibility index (Phi) is 8.86. The van der Waals surface area contributed by atoms with E-state index in [1.54, 1.807) is 13.8 Å². The second-order valence-corrected chi connectivity index (χ2v) is 15.5. The third-order valence-corrected chi connectivity index (χ3v) is 12.0. The van der Waals surface area contributed by atoms with Crippen LogP contribution in [0.4, 0.5) is 0 Å². The lowest BCUT2D eigenvalue weighted by molar-refractivity contribution is -0.277. The van der Waals surface area contributed by atoms with Gasteiger partial charge in [-0.15, -0.1) is 0 Å². The minimum Gasteiger partial charge on any atom is -0.504 e. The number of hydrogen-bond donors (Lipinski definition) is 9. The lowest BCUT2D eigenvalue weighted by atomic mass is 9.42. The molecule has 1 aliphatic heterocycles. The van der Waals surface area contributed by atoms with E-state index in [1.807, 2.05) is 26.0 Å². The monoisotopic (exact) mass is 662 g/mol. The summed E-state index contributed by atoms with van der Waals surface area (Å²) in [6, 6.07) is 1.50. The summed E-state index contributed by atoms with van der Waals surface area (Å²) in [6.45, 7) is 11.1. The first-order chi connectivity index (χ1) is 21.6. The predicted octanol–water partition coefficient (Wildman–Crippen LogP) is 0.585. The van der Waals surface area contributed by atoms with Crippen LogP contribution in [0.25, 0.3) is 6.08 Å². The number of aliphatic hydroxyl groups is 8. The number of Topliss-reactive ketones (excluding diaryl/α,β-unsaturated/α-hetero) is 1. The number of allylic oxidation sites excluding steroid dienone is 1. The van der Waals surface area contributed by atoms with Crippen molar-refractivity contribution in [3.63, 3.8) is 0 Å². The minimum atomic E-state index is -1.87. The summed E-state index contributed by atoms with van der Waals surface area (Å²) in [6.07, 6.45) is -3.77. The zero-order chi connectivity index (χ0) is 35.2. The van der Waals surface area contributed by atoms with Gasteiger partial charge in [-0.05, 0) is 75.0 Å². The maximum absolute atomic E-state index is 14.6. The maximum atomic E-state index is 14.6. The van der Waals surface area contributed by atoms with Crippen LogP contribution in [0.2, 0.25) is 0 Å². The summed E-state index contributed by atoms with van der Waals surface area (Å²) in [5, 5.41) is 96.5. The molecule has 1 aromatic carbocycles. The third-order valence-electron chi connectivity index (χ3n) is 12.0. The van der Waals surface area contributed by atoms with E-state index in [2.05, 4.69) is 0 Å². The van der Waals surface area contributed by atoms with Crippen LogP contribution in [0.3, 0.4) is 0 Å². The van der Waals surface area contributed by atoms with Gasteiger partial charge in [0, 0.05) is 17.9 Å². The molecule has 262 valence electrons. The summed E-state index contributed by atoms with van der Waals surface area (Å²) in [5.41, 5.74) is -4.55. The van der Waals surface area contributed by atoms with Crippen molar-refractivity contribution in [2.75, 3.05) is 6.61 Å². The van der Waals surface area contributed by atoms with E-state index in [-0.39, 0.29) is 30.1 Å². The number of benzene rings is 1. The highest BCUT2D eigenvalue weighted by Gasteiger charge is 2.72. The van der Waals surface area contributed by atoms with Crippen LogP contribution in [0.15, 0.2) is 24.3 Å². The zero-order valence-corrected chi connectivity index (χ0v) is 28.0. The van der Waals surface area contributed by atoms with E-state index in [0.717, 1.165) is 0 Å². The number of phenols is 1. The fourth-order valence-corrected chi connectivity index (χ4v) is 9.16. The van der Waals surface area contributed by atoms with Crippen LogP contribution in [0, 0.1) is 29.6 Å². The van der Waals surface area contributed by atoms with Gasteiger partial charge in [0.05, 0.1) is 29.3 Å². The lowest BCUT2D eigenvalue weighted by Crippen LogP contribution is -2.63. The molecule has 1 saturated heterocycles. The van der Waals surface area contributed by atoms with Crippen molar-refractivity contribution in [3.05, 3.63) is 41.0 Å². The van der Waals surface area contributed by atoms with Crippen molar-refractivity contribution in [1.29, 1.82) is 0 Å². The van der Waals surface area contributed by atoms with E-state index >= 15 is 0 Å². The number of aromatic hydroxyl groups is 1. The van der Waals surface area contributed by atoms with Crippen molar-refractivity contribution in [1.82, 2.24) is 0 Å². The van der Waals surface area contributed by atoms with Crippen LogP contribution >= 0.6 is 0 Å². The molecule has 0 amide bonds. The molecule has 3 fully saturated rings. The summed E-state index contributed by atoms with van der Waals surface area (Å²) in [7, 11) is 0. The molecule has 47 heavy (non-hydrogen) atoms. The van der Waals surface area contributed by atoms with Gasteiger partial charge < -0.3 is 55.4 Å². The highest BCUT2D eigenvalue weighted by Crippen LogP contribution is 2.71. The Hall–Kier alpha value is -2.39. The number of phenolic OH excluding ortho intramolecular Hbond substituents is 1. The third kappa shape index (κ3) is 5.28. The van der Waals surface area contributed by atoms with Crippen LogP contribution in [0.1, 0.15) is 71.1 Å². The van der Waals surface area contributed by atoms with Gasteiger partial charge in [-0.3, -0.25) is 4.79 Å². The number of rotatable bonds is 7. The van der Waals surface area contributed by atoms with E-state index in [9.17, 15) is 50.8 Å². The summed E-state index contributed by atoms with van der Waals surface area (Å²) in [5.74, 6) is -2.03. The number of carbonyl (C=O) groups is 1. The Balaban J connectivity index is 1.56. The van der Waals surface area contributed by atoms with Crippen molar-refractivity contribution in [2.45, 2.75) is 121 Å². The molecule has 4 aliphatic rings. The number of fused-ring (bicyclic) bond motifs is 5. The molecule has 0 radical (unpaired) electrons. The molecule has 1 heterocycles. The molecule has 12 nitrogen and oxygen atoms in total. The molecule has 9 unspecified atom stereocenters. The molecule has 13 atom stereocenters. The van der Waals surface area contributed by atoms with Crippen molar-refractivity contribution in [2.24, 2.45) is 22.7 Å². The van der Waals surface area contributed by atoms with Crippen molar-refractivity contribution >= 4 is 11.9 Å². The molecule has 12 heteroatoms. The Labute approximate surface area is 274 Å². The maximum Gasteiger partial charge on any atom is 0.229 e. The average Bonchev–Trinajstić information content (AvgIpc) is 3.19. The Morgan fingerprint density at radius 1 is 1.06 bits per heavy atom. The van der Waals surface area contributed by atoms with E-state index in [4.69, 9.17) is 9.47 Å². The number of ketones is 1. The van der Waals surface area contributed by atoms with Crippen LogP contribution in [-0.2, 0) is 14.9 Å². The second kappa shape index (κ2) is 11.6. The number of aliphatic hydroxyl groups excluding tert-OH is 6. The minimum absolute atomic E-state index is 0.0492. The molecule has 5 rings (SSSR count). The summed E-state index contributed by atoms with van der Waals surface area (Å²) in [4.78, 5) is 14.6. The molecule has 1 aromatic rings. The van der Waals surface area contributed by atoms with E-state index in [0.29, 0.717) is 16.7 Å². The SMILES string of the molecule is Cc1c(O)c(OC2OC(CO)C(O)C(O)C2O)cc2c1C=C[C@H]1[C@]3(C)CC(O)C(C(C)(O)C(O)/C=C/C(C)(C)O)[C@@]3(C)CC(=O)[C@]21C. The second-order valence-electron chi connectivity index (χ2n) is 15.5. The first kappa shape index (κ1) is 35.9. The topological polar surface area (TPSA) is 218 Å². The lowest BCUT2D eigenvalue weighted by Gasteiger charge is -2.60. The van der Waals surface area contributed by atoms with Gasteiger partial charge >= 0.3 is 0 Å². The number of ether oxygens (including phenoxy) is 2. The molecule has 2 saturated carbocycles. The summed E-state index contributed by atoms with van der Waals surface area (Å²) < 4.78 is 11.4. The number of carbonyl (C=O) groups excluding carboxylic acids is 1. The van der Waals surface area contributed by atoms with Gasteiger partial charge in [-0.25, -0.2) is 0 Å². The van der Waals surface area contributed by atoms with Crippen molar-refractivity contribution in [3.8, 4) is 11.5 Å². The van der Waals surface area contributed by atoms with E-state index < -0.39 is 88.8 Å². The van der Waals surface area contributed by atoms with Gasteiger partial charge in [0.15, 0.2) is 11.5 Å². The van der Waals surface area contributed by atoms with Gasteiger partial charge in [0.2, 0.25) is 6.29 Å². The van der Waals surface area contributed by atoms with Crippen LogP contribution < -0.4 is 4.74 Å². The fraction of sp³-hybridized carbons (Fsp3) is 0.686. The first-order valence-corrected chi connectivity index (χ1v) is 16.1.